The summed E-state index contributed by atoms with van der Waals surface area (Å²) in [6.07, 6.45) is 7.31. The second-order valence-electron chi connectivity index (χ2n) is 8.60. The van der Waals surface area contributed by atoms with Crippen molar-refractivity contribution in [2.24, 2.45) is 7.05 Å². The van der Waals surface area contributed by atoms with E-state index in [1.165, 1.54) is 0 Å². The Balaban J connectivity index is 1.41. The van der Waals surface area contributed by atoms with Crippen molar-refractivity contribution in [1.82, 2.24) is 24.6 Å². The Morgan fingerprint density at radius 1 is 1.21 bits per heavy atom. The summed E-state index contributed by atoms with van der Waals surface area (Å²) < 4.78 is 1.70. The zero-order valence-corrected chi connectivity index (χ0v) is 16.9. The molecule has 5 rings (SSSR count). The number of nitrogens with zero attached hydrogens (tertiary/aromatic N) is 5. The summed E-state index contributed by atoms with van der Waals surface area (Å²) in [4.78, 5) is 35.2. The molecular formula is C22H27N5O2. The van der Waals surface area contributed by atoms with Gasteiger partial charge in [-0.15, -0.1) is 0 Å². The van der Waals surface area contributed by atoms with E-state index in [2.05, 4.69) is 10.1 Å². The first-order chi connectivity index (χ1) is 14.1. The van der Waals surface area contributed by atoms with Gasteiger partial charge in [-0.3, -0.25) is 19.3 Å². The van der Waals surface area contributed by atoms with Crippen LogP contribution in [0.2, 0.25) is 0 Å². The maximum Gasteiger partial charge on any atom is 0.273 e. The number of aromatic nitrogens is 3. The highest BCUT2D eigenvalue weighted by Gasteiger charge is 2.53. The topological polar surface area (TPSA) is 71.3 Å². The van der Waals surface area contributed by atoms with Gasteiger partial charge in [0, 0.05) is 32.3 Å². The lowest BCUT2D eigenvalue weighted by Crippen LogP contribution is -2.61. The molecule has 2 amide bonds. The molecule has 7 heteroatoms. The smallest absolute Gasteiger partial charge is 0.273 e. The third-order valence-electron chi connectivity index (χ3n) is 6.63. The zero-order valence-electron chi connectivity index (χ0n) is 16.9. The molecule has 2 aromatic rings. The minimum absolute atomic E-state index is 0.0579. The maximum absolute atomic E-state index is 13.6. The minimum atomic E-state index is -0.714. The summed E-state index contributed by atoms with van der Waals surface area (Å²) in [5.41, 5.74) is 1.78. The first-order valence-electron chi connectivity index (χ1n) is 10.6. The van der Waals surface area contributed by atoms with Crippen LogP contribution in [0.4, 0.5) is 0 Å². The number of pyridine rings is 1. The summed E-state index contributed by atoms with van der Waals surface area (Å²) in [7, 11) is 1.83. The lowest BCUT2D eigenvalue weighted by molar-refractivity contribution is -0.146. The third-order valence-corrected chi connectivity index (χ3v) is 6.63. The van der Waals surface area contributed by atoms with E-state index in [4.69, 9.17) is 0 Å². The zero-order chi connectivity index (χ0) is 20.0. The molecular weight excluding hydrogens is 366 g/mol. The Hall–Kier alpha value is -2.70. The molecule has 0 bridgehead atoms. The van der Waals surface area contributed by atoms with Gasteiger partial charge in [0.2, 0.25) is 5.91 Å². The summed E-state index contributed by atoms with van der Waals surface area (Å²) >= 11 is 0. The fourth-order valence-electron chi connectivity index (χ4n) is 4.97. The molecule has 7 nitrogen and oxygen atoms in total. The fraction of sp³-hybridized carbons (Fsp3) is 0.545. The Bertz CT molecular complexity index is 936. The monoisotopic (exact) mass is 393 g/mol. The minimum Gasteiger partial charge on any atom is -0.335 e. The predicted molar refractivity (Wildman–Crippen MR) is 107 cm³/mol. The number of likely N-dealkylation sites (tertiary alicyclic amines) is 2. The van der Waals surface area contributed by atoms with Crippen molar-refractivity contribution >= 4 is 11.8 Å². The van der Waals surface area contributed by atoms with Crippen LogP contribution in [0.5, 0.6) is 0 Å². The number of carbonyl (C=O) groups excluding carboxylic acids is 2. The fourth-order valence-corrected chi connectivity index (χ4v) is 4.97. The highest BCUT2D eigenvalue weighted by Crippen LogP contribution is 2.41. The van der Waals surface area contributed by atoms with E-state index in [1.807, 2.05) is 41.1 Å². The summed E-state index contributed by atoms with van der Waals surface area (Å²) in [6, 6.07) is 7.70. The van der Waals surface area contributed by atoms with E-state index in [-0.39, 0.29) is 11.8 Å². The Kier molecular flexibility index (Phi) is 4.41. The average molecular weight is 393 g/mol. The number of aryl methyl sites for hydroxylation is 1. The van der Waals surface area contributed by atoms with Crippen LogP contribution in [0.1, 0.15) is 66.3 Å². The van der Waals surface area contributed by atoms with Crippen LogP contribution in [-0.4, -0.2) is 55.0 Å². The van der Waals surface area contributed by atoms with Gasteiger partial charge in [-0.05, 0) is 56.7 Å². The first kappa shape index (κ1) is 18.3. The molecule has 0 N–H and O–H groups in total. The molecule has 2 aromatic heterocycles. The Morgan fingerprint density at radius 3 is 2.72 bits per heavy atom. The predicted octanol–water partition coefficient (Wildman–Crippen LogP) is 2.49. The van der Waals surface area contributed by atoms with Crippen LogP contribution in [0.25, 0.3) is 0 Å². The van der Waals surface area contributed by atoms with Crippen LogP contribution in [-0.2, 0) is 18.4 Å². The Labute approximate surface area is 170 Å². The molecule has 152 valence electrons. The van der Waals surface area contributed by atoms with Crippen molar-refractivity contribution in [2.75, 3.05) is 13.1 Å². The number of rotatable bonds is 4. The molecule has 29 heavy (non-hydrogen) atoms. The van der Waals surface area contributed by atoms with Crippen molar-refractivity contribution in [3.05, 3.63) is 47.5 Å². The van der Waals surface area contributed by atoms with E-state index in [0.29, 0.717) is 24.7 Å². The van der Waals surface area contributed by atoms with Crippen molar-refractivity contribution in [2.45, 2.75) is 56.5 Å². The molecule has 0 aromatic carbocycles. The molecule has 0 radical (unpaired) electrons. The SMILES string of the molecule is Cn1nc(C2CC2)cc1C(=O)N1CCCC12CCCN(Cc1ccccn1)C2=O. The second kappa shape index (κ2) is 6.97. The average Bonchev–Trinajstić information content (AvgIpc) is 3.38. The van der Waals surface area contributed by atoms with E-state index < -0.39 is 5.54 Å². The molecule has 3 fully saturated rings. The number of amides is 2. The van der Waals surface area contributed by atoms with Gasteiger partial charge in [-0.2, -0.15) is 5.10 Å². The summed E-state index contributed by atoms with van der Waals surface area (Å²) in [5, 5.41) is 4.55. The van der Waals surface area contributed by atoms with Crippen LogP contribution >= 0.6 is 0 Å². The number of hydrogen-bond donors (Lipinski definition) is 0. The van der Waals surface area contributed by atoms with Gasteiger partial charge in [-0.25, -0.2) is 0 Å². The van der Waals surface area contributed by atoms with Gasteiger partial charge in [0.25, 0.3) is 5.91 Å². The maximum atomic E-state index is 13.6. The van der Waals surface area contributed by atoms with Gasteiger partial charge < -0.3 is 9.80 Å². The number of hydrogen-bond acceptors (Lipinski definition) is 4. The van der Waals surface area contributed by atoms with E-state index >= 15 is 0 Å². The largest absolute Gasteiger partial charge is 0.335 e. The van der Waals surface area contributed by atoms with Gasteiger partial charge in [0.15, 0.2) is 0 Å². The molecule has 2 saturated heterocycles. The lowest BCUT2D eigenvalue weighted by atomic mass is 9.85. The quantitative estimate of drug-likeness (QED) is 0.800. The van der Waals surface area contributed by atoms with Crippen LogP contribution in [0.3, 0.4) is 0 Å². The lowest BCUT2D eigenvalue weighted by Gasteiger charge is -2.44. The van der Waals surface area contributed by atoms with Crippen molar-refractivity contribution in [1.29, 1.82) is 0 Å². The summed E-state index contributed by atoms with van der Waals surface area (Å²) in [6.45, 7) is 1.85. The van der Waals surface area contributed by atoms with Crippen LogP contribution < -0.4 is 0 Å². The van der Waals surface area contributed by atoms with Gasteiger partial charge >= 0.3 is 0 Å². The van der Waals surface area contributed by atoms with Crippen molar-refractivity contribution in [3.63, 3.8) is 0 Å². The van der Waals surface area contributed by atoms with Gasteiger partial charge in [-0.1, -0.05) is 6.07 Å². The number of piperidine rings is 1. The van der Waals surface area contributed by atoms with E-state index in [1.54, 1.807) is 10.9 Å². The van der Waals surface area contributed by atoms with E-state index in [0.717, 1.165) is 56.5 Å². The molecule has 4 heterocycles. The molecule has 1 saturated carbocycles. The normalized spacial score (nSPS) is 24.5. The molecule has 1 aliphatic carbocycles. The molecule has 1 atom stereocenters. The van der Waals surface area contributed by atoms with Crippen molar-refractivity contribution < 1.29 is 9.59 Å². The van der Waals surface area contributed by atoms with Crippen LogP contribution in [0.15, 0.2) is 30.5 Å². The third kappa shape index (κ3) is 3.12. The van der Waals surface area contributed by atoms with Gasteiger partial charge in [0.05, 0.1) is 17.9 Å². The summed E-state index contributed by atoms with van der Waals surface area (Å²) in [5.74, 6) is 0.516. The molecule has 1 spiro atoms. The second-order valence-corrected chi connectivity index (χ2v) is 8.60. The van der Waals surface area contributed by atoms with E-state index in [9.17, 15) is 9.59 Å². The molecule has 3 aliphatic rings. The molecule has 1 unspecified atom stereocenters. The van der Waals surface area contributed by atoms with Gasteiger partial charge in [0.1, 0.15) is 11.2 Å². The first-order valence-corrected chi connectivity index (χ1v) is 10.6. The standard InChI is InChI=1S/C22H27N5O2/c1-25-19(14-18(24-25)16-7-8-16)20(28)27-13-5-10-22(27)9-4-12-26(21(22)29)15-17-6-2-3-11-23-17/h2-3,6,11,14,16H,4-5,7-10,12-13,15H2,1H3. The highest BCUT2D eigenvalue weighted by molar-refractivity contribution is 5.99. The number of carbonyl (C=O) groups is 2. The van der Waals surface area contributed by atoms with Crippen LogP contribution in [0, 0.1) is 0 Å². The van der Waals surface area contributed by atoms with Crippen molar-refractivity contribution in [3.8, 4) is 0 Å². The highest BCUT2D eigenvalue weighted by atomic mass is 16.2. The molecule has 2 aliphatic heterocycles. The Morgan fingerprint density at radius 2 is 2.00 bits per heavy atom.